The molecule has 1 atom stereocenters. The van der Waals surface area contributed by atoms with Crippen molar-refractivity contribution in [1.29, 1.82) is 0 Å². The molecular formula is C24H29ClF2N2O9S2. The molecule has 0 bridgehead atoms. The number of sulfone groups is 1. The minimum atomic E-state index is -4.32. The molecular weight excluding hydrogens is 598 g/mol. The van der Waals surface area contributed by atoms with Crippen molar-refractivity contribution in [2.24, 2.45) is 0 Å². The maximum absolute atomic E-state index is 14.1. The average Bonchev–Trinajstić information content (AvgIpc) is 2.83. The van der Waals surface area contributed by atoms with E-state index in [1.165, 1.54) is 31.2 Å². The lowest BCUT2D eigenvalue weighted by molar-refractivity contribution is -0.385. The van der Waals surface area contributed by atoms with Crippen LogP contribution in [0.25, 0.3) is 0 Å². The summed E-state index contributed by atoms with van der Waals surface area (Å²) in [6.45, 7) is 5.23. The highest BCUT2D eigenvalue weighted by Crippen LogP contribution is 2.39. The van der Waals surface area contributed by atoms with Crippen molar-refractivity contribution in [2.75, 3.05) is 22.9 Å². The Morgan fingerprint density at radius 3 is 2.35 bits per heavy atom. The Balaban J connectivity index is 2.31. The van der Waals surface area contributed by atoms with Gasteiger partial charge in [0.25, 0.3) is 5.69 Å². The van der Waals surface area contributed by atoms with Crippen molar-refractivity contribution >= 4 is 48.8 Å². The molecule has 2 rings (SSSR count). The van der Waals surface area contributed by atoms with Crippen LogP contribution in [0, 0.1) is 17.0 Å². The van der Waals surface area contributed by atoms with E-state index in [0.29, 0.717) is 0 Å². The van der Waals surface area contributed by atoms with Gasteiger partial charge in [-0.1, -0.05) is 17.7 Å². The van der Waals surface area contributed by atoms with E-state index in [4.69, 9.17) is 21.1 Å². The number of nitrogens with one attached hydrogen (secondary N) is 1. The maximum Gasteiger partial charge on any atom is 0.346 e. The first-order chi connectivity index (χ1) is 18.4. The molecule has 0 saturated heterocycles. The fraction of sp³-hybridized carbons (Fsp3) is 0.458. The van der Waals surface area contributed by atoms with Gasteiger partial charge >= 0.3 is 5.97 Å². The lowest BCUT2D eigenvalue weighted by atomic mass is 10.0. The van der Waals surface area contributed by atoms with Crippen LogP contribution in [-0.4, -0.2) is 57.0 Å². The van der Waals surface area contributed by atoms with Crippen LogP contribution >= 0.6 is 11.6 Å². The Labute approximate surface area is 235 Å². The third kappa shape index (κ3) is 8.99. The number of nitro benzene ring substituents is 1. The second-order valence-corrected chi connectivity index (χ2v) is 14.1. The lowest BCUT2D eigenvalue weighted by Gasteiger charge is -2.21. The quantitative estimate of drug-likeness (QED) is 0.172. The molecule has 11 nitrogen and oxygen atoms in total. The maximum atomic E-state index is 14.1. The first kappa shape index (κ1) is 33.2. The monoisotopic (exact) mass is 626 g/mol. The normalized spacial score (nSPS) is 13.0. The molecule has 1 unspecified atom stereocenters. The number of nitrogens with zero attached hydrogens (tertiary/aromatic N) is 1. The Kier molecular flexibility index (Phi) is 10.8. The highest BCUT2D eigenvalue weighted by molar-refractivity contribution is 7.93. The molecule has 0 radical (unpaired) electrons. The Bertz CT molecular complexity index is 1480. The highest BCUT2D eigenvalue weighted by atomic mass is 35.5. The van der Waals surface area contributed by atoms with Gasteiger partial charge in [-0.3, -0.25) is 19.2 Å². The molecule has 1 N–H and O–H groups in total. The summed E-state index contributed by atoms with van der Waals surface area (Å²) in [7, 11) is -8.61. The lowest BCUT2D eigenvalue weighted by Crippen LogP contribution is -2.25. The van der Waals surface area contributed by atoms with Crippen molar-refractivity contribution in [3.63, 3.8) is 0 Å². The summed E-state index contributed by atoms with van der Waals surface area (Å²) in [6.07, 6.45) is -1.28. The molecule has 0 spiro atoms. The Morgan fingerprint density at radius 1 is 1.12 bits per heavy atom. The smallest absolute Gasteiger partial charge is 0.346 e. The molecule has 0 fully saturated rings. The molecule has 2 aromatic carbocycles. The summed E-state index contributed by atoms with van der Waals surface area (Å²) >= 11 is 6.32. The van der Waals surface area contributed by atoms with Gasteiger partial charge in [-0.25, -0.2) is 26.0 Å². The summed E-state index contributed by atoms with van der Waals surface area (Å²) in [4.78, 5) is 23.5. The van der Waals surface area contributed by atoms with Gasteiger partial charge in [-0.05, 0) is 52.3 Å². The van der Waals surface area contributed by atoms with E-state index in [9.17, 15) is 40.5 Å². The highest BCUT2D eigenvalue weighted by Gasteiger charge is 2.30. The number of anilines is 1. The van der Waals surface area contributed by atoms with Crippen molar-refractivity contribution in [3.8, 4) is 11.5 Å². The number of hydrogen-bond donors (Lipinski definition) is 1. The third-order valence-corrected chi connectivity index (χ3v) is 8.77. The largest absolute Gasteiger partial charge is 0.456 e. The zero-order valence-corrected chi connectivity index (χ0v) is 24.5. The van der Waals surface area contributed by atoms with Crippen molar-refractivity contribution in [2.45, 2.75) is 51.6 Å². The third-order valence-electron chi connectivity index (χ3n) is 5.21. The molecule has 0 aliphatic carbocycles. The van der Waals surface area contributed by atoms with Crippen LogP contribution < -0.4 is 9.46 Å². The zero-order chi connectivity index (χ0) is 30.5. The van der Waals surface area contributed by atoms with E-state index in [2.05, 4.69) is 4.72 Å². The molecule has 2 aromatic rings. The van der Waals surface area contributed by atoms with Crippen LogP contribution in [0.5, 0.6) is 11.5 Å². The number of carbonyl (C=O) groups excluding carboxylic acids is 1. The number of alkyl halides is 2. The fourth-order valence-electron chi connectivity index (χ4n) is 3.34. The molecule has 16 heteroatoms. The molecule has 40 heavy (non-hydrogen) atoms. The zero-order valence-electron chi connectivity index (χ0n) is 22.1. The van der Waals surface area contributed by atoms with Gasteiger partial charge in [0, 0.05) is 18.1 Å². The number of esters is 1. The summed E-state index contributed by atoms with van der Waals surface area (Å²) < 4.78 is 88.2. The second-order valence-electron chi connectivity index (χ2n) is 9.59. The number of benzene rings is 2. The summed E-state index contributed by atoms with van der Waals surface area (Å²) in [6, 6.07) is 6.29. The first-order valence-electron chi connectivity index (χ1n) is 11.8. The van der Waals surface area contributed by atoms with E-state index in [1.54, 1.807) is 20.8 Å². The molecule has 0 heterocycles. The van der Waals surface area contributed by atoms with Crippen LogP contribution in [0.15, 0.2) is 30.3 Å². The SMILES string of the molecule is Cc1c(Oc2cccc(NS(=O)(=O)CCC(F)S(=O)(=O)CCCF)c2Cl)ccc([N+](=O)[O-])c1C(=O)OC(C)(C)C. The van der Waals surface area contributed by atoms with Crippen LogP contribution in [0.4, 0.5) is 20.2 Å². The number of sulfonamides is 1. The summed E-state index contributed by atoms with van der Waals surface area (Å²) in [5.74, 6) is -2.71. The van der Waals surface area contributed by atoms with Crippen LogP contribution in [0.3, 0.4) is 0 Å². The Hall–Kier alpha value is -3.04. The minimum Gasteiger partial charge on any atom is -0.456 e. The molecule has 222 valence electrons. The van der Waals surface area contributed by atoms with Gasteiger partial charge in [-0.2, -0.15) is 0 Å². The second kappa shape index (κ2) is 13.1. The number of hydrogen-bond acceptors (Lipinski definition) is 9. The topological polar surface area (TPSA) is 159 Å². The molecule has 0 aliphatic rings. The fourth-order valence-corrected chi connectivity index (χ4v) is 6.13. The Morgan fingerprint density at radius 2 is 1.77 bits per heavy atom. The molecule has 0 aliphatic heterocycles. The van der Waals surface area contributed by atoms with E-state index in [1.807, 2.05) is 0 Å². The van der Waals surface area contributed by atoms with Gasteiger partial charge in [0.15, 0.2) is 9.84 Å². The van der Waals surface area contributed by atoms with Crippen molar-refractivity contribution in [1.82, 2.24) is 0 Å². The number of halogens is 3. The van der Waals surface area contributed by atoms with Crippen LogP contribution in [-0.2, 0) is 24.6 Å². The average molecular weight is 627 g/mol. The summed E-state index contributed by atoms with van der Waals surface area (Å²) in [5.41, 5.74) is -4.40. The predicted molar refractivity (Wildman–Crippen MR) is 146 cm³/mol. The van der Waals surface area contributed by atoms with Gasteiger partial charge in [0.05, 0.1) is 28.8 Å². The number of carbonyl (C=O) groups is 1. The molecule has 0 aromatic heterocycles. The summed E-state index contributed by atoms with van der Waals surface area (Å²) in [5, 5.41) is 11.3. The van der Waals surface area contributed by atoms with Crippen molar-refractivity contribution < 1.29 is 44.8 Å². The number of nitro groups is 1. The van der Waals surface area contributed by atoms with E-state index in [-0.39, 0.29) is 33.3 Å². The number of ether oxygens (including phenoxy) is 2. The first-order valence-corrected chi connectivity index (χ1v) is 15.5. The van der Waals surface area contributed by atoms with E-state index >= 15 is 0 Å². The van der Waals surface area contributed by atoms with Crippen LogP contribution in [0.2, 0.25) is 5.02 Å². The minimum absolute atomic E-state index is 0.00729. The number of rotatable bonds is 13. The van der Waals surface area contributed by atoms with Gasteiger partial charge < -0.3 is 9.47 Å². The molecule has 0 saturated carbocycles. The van der Waals surface area contributed by atoms with Gasteiger partial charge in [0.1, 0.15) is 27.7 Å². The van der Waals surface area contributed by atoms with Gasteiger partial charge in [0.2, 0.25) is 15.5 Å². The standard InChI is InChI=1S/C24H29ClF2N2O9S2/c1-15-18(10-9-17(29(31)32)21(15)23(30)38-24(2,3)4)37-19-8-5-7-16(22(19)25)28-40(35,36)14-11-20(27)39(33,34)13-6-12-26/h5,7-10,20,28H,6,11-14H2,1-4H3. The van der Waals surface area contributed by atoms with Gasteiger partial charge in [-0.15, -0.1) is 0 Å². The van der Waals surface area contributed by atoms with Crippen molar-refractivity contribution in [3.05, 3.63) is 56.6 Å². The van der Waals surface area contributed by atoms with E-state index in [0.717, 1.165) is 6.07 Å². The predicted octanol–water partition coefficient (Wildman–Crippen LogP) is 5.51. The van der Waals surface area contributed by atoms with Crippen LogP contribution in [0.1, 0.15) is 49.5 Å². The van der Waals surface area contributed by atoms with E-state index < -0.39 is 78.6 Å². The molecule has 0 amide bonds.